The second kappa shape index (κ2) is 8.24. The Morgan fingerprint density at radius 3 is 2.67 bits per heavy atom. The molecule has 0 saturated heterocycles. The minimum Gasteiger partial charge on any atom is -0.481 e. The summed E-state index contributed by atoms with van der Waals surface area (Å²) in [5.41, 5.74) is 0. The van der Waals surface area contributed by atoms with Gasteiger partial charge in [-0.25, -0.2) is 4.39 Å². The number of nitrogens with zero attached hydrogens (tertiary/aromatic N) is 1. The maximum Gasteiger partial charge on any atom is 0.325 e. The fraction of sp³-hybridized carbons (Fsp3) is 0.467. The highest BCUT2D eigenvalue weighted by molar-refractivity contribution is 5.85. The summed E-state index contributed by atoms with van der Waals surface area (Å²) >= 11 is 0. The Hall–Kier alpha value is -2.11. The number of halogens is 1. The average molecular weight is 297 g/mol. The van der Waals surface area contributed by atoms with Crippen molar-refractivity contribution in [2.75, 3.05) is 20.2 Å². The number of carbonyl (C=O) groups excluding carboxylic acids is 2. The van der Waals surface area contributed by atoms with Gasteiger partial charge in [-0.15, -0.1) is 0 Å². The Bertz CT molecular complexity index is 492. The number of hydrogen-bond acceptors (Lipinski definition) is 4. The summed E-state index contributed by atoms with van der Waals surface area (Å²) in [5.74, 6) is -1.00. The van der Waals surface area contributed by atoms with Crippen molar-refractivity contribution in [3.63, 3.8) is 0 Å². The van der Waals surface area contributed by atoms with Gasteiger partial charge in [0.1, 0.15) is 18.1 Å². The number of benzene rings is 1. The molecule has 0 aromatic heterocycles. The fourth-order valence-corrected chi connectivity index (χ4v) is 1.81. The normalized spacial score (nSPS) is 11.6. The maximum absolute atomic E-state index is 13.1. The number of hydrogen-bond donors (Lipinski definition) is 0. The number of rotatable bonds is 7. The minimum absolute atomic E-state index is 0.125. The number of amides is 1. The second-order valence-corrected chi connectivity index (χ2v) is 4.55. The highest BCUT2D eigenvalue weighted by atomic mass is 19.1. The molecule has 0 aliphatic carbocycles. The Balaban J connectivity index is 2.71. The molecule has 1 unspecified atom stereocenters. The van der Waals surface area contributed by atoms with Crippen LogP contribution in [0.25, 0.3) is 0 Å². The first-order valence-corrected chi connectivity index (χ1v) is 6.75. The standard InChI is InChI=1S/C15H20FNO4/c1-4-8-17(10-14(18)20-3)15(19)11(2)21-13-7-5-6-12(16)9-13/h5-7,9,11H,4,8,10H2,1-3H3. The lowest BCUT2D eigenvalue weighted by atomic mass is 10.3. The quantitative estimate of drug-likeness (QED) is 0.722. The topological polar surface area (TPSA) is 55.8 Å². The Morgan fingerprint density at radius 1 is 1.38 bits per heavy atom. The molecule has 21 heavy (non-hydrogen) atoms. The smallest absolute Gasteiger partial charge is 0.325 e. The van der Waals surface area contributed by atoms with Crippen molar-refractivity contribution in [2.24, 2.45) is 0 Å². The first-order valence-electron chi connectivity index (χ1n) is 6.75. The number of methoxy groups -OCH3 is 1. The van der Waals surface area contributed by atoms with Gasteiger partial charge in [-0.2, -0.15) is 0 Å². The molecule has 0 heterocycles. The molecule has 1 amide bonds. The Kier molecular flexibility index (Phi) is 6.65. The zero-order chi connectivity index (χ0) is 15.8. The molecule has 0 N–H and O–H groups in total. The maximum atomic E-state index is 13.1. The molecule has 1 aromatic rings. The number of esters is 1. The molecule has 0 saturated carbocycles. The van der Waals surface area contributed by atoms with Crippen molar-refractivity contribution < 1.29 is 23.5 Å². The summed E-state index contributed by atoms with van der Waals surface area (Å²) in [7, 11) is 1.27. The summed E-state index contributed by atoms with van der Waals surface area (Å²) < 4.78 is 23.1. The van der Waals surface area contributed by atoms with Crippen LogP contribution in [0.2, 0.25) is 0 Å². The van der Waals surface area contributed by atoms with Crippen molar-refractivity contribution in [2.45, 2.75) is 26.4 Å². The van der Waals surface area contributed by atoms with Crippen molar-refractivity contribution in [3.05, 3.63) is 30.1 Å². The molecule has 6 heteroatoms. The van der Waals surface area contributed by atoms with Crippen LogP contribution in [-0.4, -0.2) is 43.1 Å². The molecule has 0 aliphatic heterocycles. The first-order chi connectivity index (χ1) is 9.97. The van der Waals surface area contributed by atoms with Crippen LogP contribution in [0, 0.1) is 5.82 Å². The lowest BCUT2D eigenvalue weighted by Crippen LogP contribution is -2.43. The van der Waals surface area contributed by atoms with Crippen LogP contribution in [-0.2, 0) is 14.3 Å². The van der Waals surface area contributed by atoms with Gasteiger partial charge in [-0.05, 0) is 25.5 Å². The lowest BCUT2D eigenvalue weighted by molar-refractivity contribution is -0.149. The predicted octanol–water partition coefficient (Wildman–Crippen LogP) is 2.00. The van der Waals surface area contributed by atoms with Crippen LogP contribution < -0.4 is 4.74 Å². The summed E-state index contributed by atoms with van der Waals surface area (Å²) in [6.45, 7) is 3.76. The highest BCUT2D eigenvalue weighted by Crippen LogP contribution is 2.14. The van der Waals surface area contributed by atoms with Crippen molar-refractivity contribution in [3.8, 4) is 5.75 Å². The van der Waals surface area contributed by atoms with Crippen LogP contribution >= 0.6 is 0 Å². The average Bonchev–Trinajstić information content (AvgIpc) is 2.45. The van der Waals surface area contributed by atoms with E-state index in [1.165, 1.54) is 30.2 Å². The molecule has 0 fully saturated rings. The molecule has 1 rings (SSSR count). The van der Waals surface area contributed by atoms with Gasteiger partial charge in [0.2, 0.25) is 0 Å². The van der Waals surface area contributed by atoms with E-state index in [1.54, 1.807) is 13.0 Å². The molecule has 5 nitrogen and oxygen atoms in total. The van der Waals surface area contributed by atoms with Gasteiger partial charge in [-0.3, -0.25) is 9.59 Å². The van der Waals surface area contributed by atoms with Crippen LogP contribution in [0.4, 0.5) is 4.39 Å². The van der Waals surface area contributed by atoms with Crippen LogP contribution in [0.5, 0.6) is 5.75 Å². The van der Waals surface area contributed by atoms with E-state index in [1.807, 2.05) is 6.92 Å². The van der Waals surface area contributed by atoms with Gasteiger partial charge < -0.3 is 14.4 Å². The molecule has 1 atom stereocenters. The van der Waals surface area contributed by atoms with Gasteiger partial charge in [0, 0.05) is 12.6 Å². The Morgan fingerprint density at radius 2 is 2.10 bits per heavy atom. The number of ether oxygens (including phenoxy) is 2. The van der Waals surface area contributed by atoms with Crippen molar-refractivity contribution in [1.29, 1.82) is 0 Å². The zero-order valence-electron chi connectivity index (χ0n) is 12.5. The van der Waals surface area contributed by atoms with E-state index in [0.29, 0.717) is 13.0 Å². The molecule has 0 radical (unpaired) electrons. The van der Waals surface area contributed by atoms with Gasteiger partial charge >= 0.3 is 5.97 Å². The number of carbonyl (C=O) groups is 2. The van der Waals surface area contributed by atoms with E-state index in [0.717, 1.165) is 0 Å². The minimum atomic E-state index is -0.817. The summed E-state index contributed by atoms with van der Waals surface area (Å²) in [6.07, 6.45) is -0.113. The third kappa shape index (κ3) is 5.41. The lowest BCUT2D eigenvalue weighted by Gasteiger charge is -2.24. The van der Waals surface area contributed by atoms with Crippen molar-refractivity contribution >= 4 is 11.9 Å². The second-order valence-electron chi connectivity index (χ2n) is 4.55. The summed E-state index contributed by atoms with van der Waals surface area (Å²) in [5, 5.41) is 0. The molecule has 1 aromatic carbocycles. The van der Waals surface area contributed by atoms with E-state index in [2.05, 4.69) is 4.74 Å². The fourth-order valence-electron chi connectivity index (χ4n) is 1.81. The van der Waals surface area contributed by atoms with E-state index >= 15 is 0 Å². The van der Waals surface area contributed by atoms with Crippen LogP contribution in [0.1, 0.15) is 20.3 Å². The largest absolute Gasteiger partial charge is 0.481 e. The van der Waals surface area contributed by atoms with E-state index < -0.39 is 17.9 Å². The SMILES string of the molecule is CCCN(CC(=O)OC)C(=O)C(C)Oc1cccc(F)c1. The van der Waals surface area contributed by atoms with Gasteiger partial charge in [-0.1, -0.05) is 13.0 Å². The predicted molar refractivity (Wildman–Crippen MR) is 75.4 cm³/mol. The summed E-state index contributed by atoms with van der Waals surface area (Å²) in [6, 6.07) is 5.56. The van der Waals surface area contributed by atoms with Gasteiger partial charge in [0.15, 0.2) is 6.10 Å². The third-order valence-corrected chi connectivity index (χ3v) is 2.81. The molecular formula is C15H20FNO4. The third-order valence-electron chi connectivity index (χ3n) is 2.81. The van der Waals surface area contributed by atoms with Crippen molar-refractivity contribution in [1.82, 2.24) is 4.90 Å². The van der Waals surface area contributed by atoms with E-state index in [9.17, 15) is 14.0 Å². The Labute approximate surface area is 123 Å². The van der Waals surface area contributed by atoms with Gasteiger partial charge in [0.05, 0.1) is 7.11 Å². The van der Waals surface area contributed by atoms with Crippen LogP contribution in [0.3, 0.4) is 0 Å². The molecule has 0 bridgehead atoms. The van der Waals surface area contributed by atoms with E-state index in [4.69, 9.17) is 4.74 Å². The molecule has 0 spiro atoms. The molecule has 116 valence electrons. The summed E-state index contributed by atoms with van der Waals surface area (Å²) in [4.78, 5) is 25.0. The molecular weight excluding hydrogens is 277 g/mol. The molecule has 0 aliphatic rings. The van der Waals surface area contributed by atoms with Crippen LogP contribution in [0.15, 0.2) is 24.3 Å². The first kappa shape index (κ1) is 16.9. The van der Waals surface area contributed by atoms with E-state index in [-0.39, 0.29) is 18.2 Å². The highest BCUT2D eigenvalue weighted by Gasteiger charge is 2.23. The van der Waals surface area contributed by atoms with Gasteiger partial charge in [0.25, 0.3) is 5.91 Å². The monoisotopic (exact) mass is 297 g/mol. The zero-order valence-corrected chi connectivity index (χ0v) is 12.5.